The molecule has 1 heterocycles. The molecule has 0 bridgehead atoms. The van der Waals surface area contributed by atoms with Crippen molar-refractivity contribution in [3.8, 4) is 5.75 Å². The smallest absolute Gasteiger partial charge is 0.144 e. The minimum Gasteiger partial charge on any atom is -0.489 e. The second-order valence-electron chi connectivity index (χ2n) is 6.58. The van der Waals surface area contributed by atoms with Crippen molar-refractivity contribution in [3.05, 3.63) is 18.2 Å². The van der Waals surface area contributed by atoms with Crippen molar-refractivity contribution in [1.82, 2.24) is 0 Å². The lowest BCUT2D eigenvalue weighted by molar-refractivity contribution is 0.199. The minimum atomic E-state index is 0.150. The maximum absolute atomic E-state index is 6.01. The van der Waals surface area contributed by atoms with Gasteiger partial charge in [-0.25, -0.2) is 0 Å². The number of hydrogen-bond acceptors (Lipinski definition) is 3. The Labute approximate surface area is 129 Å². The van der Waals surface area contributed by atoms with Gasteiger partial charge in [0.2, 0.25) is 0 Å². The molecule has 21 heavy (non-hydrogen) atoms. The van der Waals surface area contributed by atoms with Crippen LogP contribution in [0.2, 0.25) is 0 Å². The van der Waals surface area contributed by atoms with E-state index in [-0.39, 0.29) is 6.10 Å². The third-order valence-electron chi connectivity index (χ3n) is 5.05. The van der Waals surface area contributed by atoms with E-state index in [0.717, 1.165) is 24.5 Å². The summed E-state index contributed by atoms with van der Waals surface area (Å²) in [5.74, 6) is 0.810. The molecule has 0 unspecified atom stereocenters. The molecule has 0 radical (unpaired) electrons. The van der Waals surface area contributed by atoms with E-state index in [0.29, 0.717) is 5.41 Å². The van der Waals surface area contributed by atoms with Crippen molar-refractivity contribution in [1.29, 1.82) is 0 Å². The van der Waals surface area contributed by atoms with E-state index >= 15 is 0 Å². The van der Waals surface area contributed by atoms with Crippen LogP contribution in [-0.4, -0.2) is 19.2 Å². The summed E-state index contributed by atoms with van der Waals surface area (Å²) in [6, 6.07) is 6.18. The highest BCUT2D eigenvalue weighted by Crippen LogP contribution is 2.40. The van der Waals surface area contributed by atoms with E-state index in [1.807, 2.05) is 19.9 Å². The summed E-state index contributed by atoms with van der Waals surface area (Å²) in [4.78, 5) is 2.47. The van der Waals surface area contributed by atoms with Gasteiger partial charge in [-0.3, -0.25) is 0 Å². The largest absolute Gasteiger partial charge is 0.489 e. The fourth-order valence-corrected chi connectivity index (χ4v) is 3.27. The number of hydrogen-bond donors (Lipinski definition) is 1. The van der Waals surface area contributed by atoms with Crippen molar-refractivity contribution >= 4 is 11.4 Å². The van der Waals surface area contributed by atoms with Crippen LogP contribution in [0.25, 0.3) is 0 Å². The van der Waals surface area contributed by atoms with Gasteiger partial charge in [-0.15, -0.1) is 0 Å². The molecule has 1 aromatic carbocycles. The third kappa shape index (κ3) is 3.63. The molecule has 1 saturated heterocycles. The Balaban J connectivity index is 2.10. The summed E-state index contributed by atoms with van der Waals surface area (Å²) in [6.45, 7) is 11.0. The van der Waals surface area contributed by atoms with Crippen molar-refractivity contribution in [2.24, 2.45) is 5.41 Å². The van der Waals surface area contributed by atoms with Gasteiger partial charge < -0.3 is 15.4 Å². The molecule has 1 aromatic rings. The van der Waals surface area contributed by atoms with Gasteiger partial charge in [0, 0.05) is 24.8 Å². The standard InChI is InChI=1S/C18H30N2O/c1-5-18(6-2)9-11-20(12-10-18)15-7-8-16(19)17(13-15)21-14(3)4/h7-8,13-14H,5-6,9-12,19H2,1-4H3. The SMILES string of the molecule is CCC1(CC)CCN(c2ccc(N)c(OC(C)C)c2)CC1. The fourth-order valence-electron chi connectivity index (χ4n) is 3.27. The molecule has 2 N–H and O–H groups in total. The van der Waals surface area contributed by atoms with Crippen molar-refractivity contribution < 1.29 is 4.74 Å². The van der Waals surface area contributed by atoms with E-state index in [1.54, 1.807) is 0 Å². The summed E-state index contributed by atoms with van der Waals surface area (Å²) >= 11 is 0. The molecule has 3 heteroatoms. The highest BCUT2D eigenvalue weighted by atomic mass is 16.5. The summed E-state index contributed by atoms with van der Waals surface area (Å²) in [7, 11) is 0. The molecule has 0 spiro atoms. The lowest BCUT2D eigenvalue weighted by atomic mass is 9.74. The van der Waals surface area contributed by atoms with Gasteiger partial charge in [-0.05, 0) is 44.2 Å². The number of benzene rings is 1. The van der Waals surface area contributed by atoms with Crippen LogP contribution >= 0.6 is 0 Å². The van der Waals surface area contributed by atoms with Crippen LogP contribution < -0.4 is 15.4 Å². The molecule has 0 atom stereocenters. The first-order valence-corrected chi connectivity index (χ1v) is 8.31. The molecule has 3 nitrogen and oxygen atoms in total. The quantitative estimate of drug-likeness (QED) is 0.814. The maximum atomic E-state index is 6.01. The van der Waals surface area contributed by atoms with Crippen LogP contribution in [0.4, 0.5) is 11.4 Å². The van der Waals surface area contributed by atoms with Gasteiger partial charge in [0.05, 0.1) is 11.8 Å². The predicted molar refractivity (Wildman–Crippen MR) is 91.1 cm³/mol. The Hall–Kier alpha value is -1.38. The van der Waals surface area contributed by atoms with Crippen LogP contribution in [0.1, 0.15) is 53.4 Å². The van der Waals surface area contributed by atoms with Crippen LogP contribution in [0.5, 0.6) is 5.75 Å². The lowest BCUT2D eigenvalue weighted by Gasteiger charge is -2.42. The van der Waals surface area contributed by atoms with E-state index < -0.39 is 0 Å². The molecule has 0 aliphatic carbocycles. The van der Waals surface area contributed by atoms with Crippen LogP contribution in [0.3, 0.4) is 0 Å². The van der Waals surface area contributed by atoms with Gasteiger partial charge in [-0.2, -0.15) is 0 Å². The molecular weight excluding hydrogens is 260 g/mol. The molecule has 0 saturated carbocycles. The normalized spacial score (nSPS) is 18.0. The average molecular weight is 290 g/mol. The Morgan fingerprint density at radius 3 is 2.33 bits per heavy atom. The van der Waals surface area contributed by atoms with Gasteiger partial charge in [-0.1, -0.05) is 26.7 Å². The second kappa shape index (κ2) is 6.59. The number of nitrogen functional groups attached to an aromatic ring is 1. The lowest BCUT2D eigenvalue weighted by Crippen LogP contribution is -2.39. The topological polar surface area (TPSA) is 38.5 Å². The first kappa shape index (κ1) is 16.0. The van der Waals surface area contributed by atoms with Crippen LogP contribution in [-0.2, 0) is 0 Å². The van der Waals surface area contributed by atoms with E-state index in [9.17, 15) is 0 Å². The zero-order valence-electron chi connectivity index (χ0n) is 14.0. The summed E-state index contributed by atoms with van der Waals surface area (Å²) < 4.78 is 5.81. The Morgan fingerprint density at radius 1 is 1.19 bits per heavy atom. The van der Waals surface area contributed by atoms with Crippen LogP contribution in [0.15, 0.2) is 18.2 Å². The number of nitrogens with two attached hydrogens (primary N) is 1. The molecule has 1 fully saturated rings. The van der Waals surface area contributed by atoms with Crippen LogP contribution in [0, 0.1) is 5.41 Å². The Bertz CT molecular complexity index is 456. The molecule has 118 valence electrons. The summed E-state index contributed by atoms with van der Waals surface area (Å²) in [6.07, 6.45) is 5.30. The molecular formula is C18H30N2O. The maximum Gasteiger partial charge on any atom is 0.144 e. The van der Waals surface area contributed by atoms with E-state index in [4.69, 9.17) is 10.5 Å². The molecule has 0 amide bonds. The number of ether oxygens (including phenoxy) is 1. The number of anilines is 2. The third-order valence-corrected chi connectivity index (χ3v) is 5.05. The number of nitrogens with zero attached hydrogens (tertiary/aromatic N) is 1. The van der Waals surface area contributed by atoms with Gasteiger partial charge >= 0.3 is 0 Å². The highest BCUT2D eigenvalue weighted by molar-refractivity contribution is 5.62. The zero-order chi connectivity index (χ0) is 15.5. The Morgan fingerprint density at radius 2 is 1.81 bits per heavy atom. The fraction of sp³-hybridized carbons (Fsp3) is 0.667. The Kier molecular flexibility index (Phi) is 5.02. The van der Waals surface area contributed by atoms with E-state index in [1.165, 1.54) is 31.4 Å². The average Bonchev–Trinajstić information content (AvgIpc) is 2.49. The van der Waals surface area contributed by atoms with Crippen molar-refractivity contribution in [2.45, 2.75) is 59.5 Å². The van der Waals surface area contributed by atoms with E-state index in [2.05, 4.69) is 30.9 Å². The molecule has 0 aromatic heterocycles. The van der Waals surface area contributed by atoms with Crippen molar-refractivity contribution in [2.75, 3.05) is 23.7 Å². The predicted octanol–water partition coefficient (Wildman–Crippen LogP) is 4.46. The summed E-state index contributed by atoms with van der Waals surface area (Å²) in [5.41, 5.74) is 8.53. The molecule has 1 aliphatic heterocycles. The summed E-state index contributed by atoms with van der Waals surface area (Å²) in [5, 5.41) is 0. The first-order valence-electron chi connectivity index (χ1n) is 8.31. The number of piperidine rings is 1. The number of rotatable bonds is 5. The highest BCUT2D eigenvalue weighted by Gasteiger charge is 2.31. The second-order valence-corrected chi connectivity index (χ2v) is 6.58. The monoisotopic (exact) mass is 290 g/mol. The van der Waals surface area contributed by atoms with Gasteiger partial charge in [0.25, 0.3) is 0 Å². The molecule has 1 aliphatic rings. The zero-order valence-corrected chi connectivity index (χ0v) is 14.0. The van der Waals surface area contributed by atoms with Crippen molar-refractivity contribution in [3.63, 3.8) is 0 Å². The minimum absolute atomic E-state index is 0.150. The molecule has 2 rings (SSSR count). The van der Waals surface area contributed by atoms with Gasteiger partial charge in [0.15, 0.2) is 0 Å². The van der Waals surface area contributed by atoms with Gasteiger partial charge in [0.1, 0.15) is 5.75 Å². The first-order chi connectivity index (χ1) is 9.99.